The van der Waals surface area contributed by atoms with Crippen LogP contribution >= 0.6 is 11.6 Å². The van der Waals surface area contributed by atoms with E-state index in [9.17, 15) is 8.42 Å². The van der Waals surface area contributed by atoms with E-state index < -0.39 is 10.0 Å². The fourth-order valence-corrected chi connectivity index (χ4v) is 3.18. The van der Waals surface area contributed by atoms with Gasteiger partial charge in [-0.15, -0.1) is 0 Å². The molecule has 0 bridgehead atoms. The summed E-state index contributed by atoms with van der Waals surface area (Å²) in [5, 5.41) is 0.0123. The fraction of sp³-hybridized carbons (Fsp3) is 0.333. The highest BCUT2D eigenvalue weighted by Crippen LogP contribution is 2.27. The number of nitrogen functional groups attached to an aromatic ring is 1. The Hall–Kier alpha value is -1.86. The van der Waals surface area contributed by atoms with Gasteiger partial charge in [0.2, 0.25) is 0 Å². The minimum absolute atomic E-state index is 0.00727. The molecule has 1 heterocycles. The molecule has 3 N–H and O–H groups in total. The fourth-order valence-electron chi connectivity index (χ4n) is 1.95. The maximum Gasteiger partial charge on any atom is 0.263 e. The Morgan fingerprint density at radius 3 is 2.22 bits per heavy atom. The second-order valence-corrected chi connectivity index (χ2v) is 8.24. The Labute approximate surface area is 141 Å². The molecule has 124 valence electrons. The Morgan fingerprint density at radius 1 is 1.13 bits per heavy atom. The molecular formula is C15H19ClN4O2S. The number of nitrogens with zero attached hydrogens (tertiary/aromatic N) is 2. The van der Waals surface area contributed by atoms with Crippen LogP contribution in [0.5, 0.6) is 0 Å². The Kier molecular flexibility index (Phi) is 4.54. The molecule has 0 saturated carbocycles. The van der Waals surface area contributed by atoms with E-state index in [0.717, 1.165) is 5.56 Å². The lowest BCUT2D eigenvalue weighted by Crippen LogP contribution is -2.17. The Balaban J connectivity index is 2.36. The molecule has 23 heavy (non-hydrogen) atoms. The van der Waals surface area contributed by atoms with Crippen LogP contribution in [0.1, 0.15) is 32.2 Å². The average Bonchev–Trinajstić information content (AvgIpc) is 2.43. The molecule has 0 atom stereocenters. The molecular weight excluding hydrogens is 336 g/mol. The predicted octanol–water partition coefficient (Wildman–Crippen LogP) is 3.12. The third kappa shape index (κ3) is 3.92. The van der Waals surface area contributed by atoms with Gasteiger partial charge in [0.15, 0.2) is 11.0 Å². The zero-order valence-corrected chi connectivity index (χ0v) is 15.0. The number of aryl methyl sites for hydroxylation is 1. The van der Waals surface area contributed by atoms with Crippen molar-refractivity contribution >= 4 is 33.1 Å². The van der Waals surface area contributed by atoms with Gasteiger partial charge in [0.05, 0.1) is 4.90 Å². The van der Waals surface area contributed by atoms with E-state index in [1.807, 2.05) is 0 Å². The summed E-state index contributed by atoms with van der Waals surface area (Å²) in [4.78, 5) is 7.98. The van der Waals surface area contributed by atoms with Crippen LogP contribution in [0.2, 0.25) is 5.15 Å². The van der Waals surface area contributed by atoms with E-state index >= 15 is 0 Å². The molecule has 2 aromatic rings. The number of rotatable bonds is 3. The van der Waals surface area contributed by atoms with Crippen molar-refractivity contribution in [2.75, 3.05) is 10.5 Å². The first-order valence-corrected chi connectivity index (χ1v) is 8.80. The van der Waals surface area contributed by atoms with Crippen LogP contribution in [-0.4, -0.2) is 18.4 Å². The summed E-state index contributed by atoms with van der Waals surface area (Å²) in [5.41, 5.74) is 6.71. The third-order valence-electron chi connectivity index (χ3n) is 3.27. The number of halogens is 1. The zero-order valence-electron chi connectivity index (χ0n) is 13.4. The van der Waals surface area contributed by atoms with Gasteiger partial charge in [-0.1, -0.05) is 44.5 Å². The maximum absolute atomic E-state index is 12.5. The summed E-state index contributed by atoms with van der Waals surface area (Å²) in [6.07, 6.45) is 0. The number of nitrogens with two attached hydrogens (primary N) is 1. The van der Waals surface area contributed by atoms with Crippen LogP contribution < -0.4 is 10.5 Å². The van der Waals surface area contributed by atoms with E-state index in [1.165, 1.54) is 0 Å². The van der Waals surface area contributed by atoms with Crippen molar-refractivity contribution < 1.29 is 8.42 Å². The van der Waals surface area contributed by atoms with Crippen molar-refractivity contribution in [3.63, 3.8) is 0 Å². The number of anilines is 2. The minimum atomic E-state index is -3.81. The van der Waals surface area contributed by atoms with E-state index in [1.54, 1.807) is 31.2 Å². The SMILES string of the molecule is Cc1nc(Cl)c(N)c(NS(=O)(=O)c2ccc(C(C)(C)C)cc2)n1. The molecule has 8 heteroatoms. The van der Waals surface area contributed by atoms with Gasteiger partial charge in [0, 0.05) is 0 Å². The molecule has 2 rings (SSSR count). The molecule has 0 fully saturated rings. The maximum atomic E-state index is 12.5. The molecule has 6 nitrogen and oxygen atoms in total. The first-order valence-electron chi connectivity index (χ1n) is 6.94. The minimum Gasteiger partial charge on any atom is -0.393 e. The molecule has 0 radical (unpaired) electrons. The quantitative estimate of drug-likeness (QED) is 0.825. The lowest BCUT2D eigenvalue weighted by Gasteiger charge is -2.19. The van der Waals surface area contributed by atoms with Crippen LogP contribution in [0.15, 0.2) is 29.2 Å². The summed E-state index contributed by atoms with van der Waals surface area (Å²) >= 11 is 5.85. The molecule has 1 aromatic heterocycles. The van der Waals surface area contributed by atoms with Gasteiger partial charge in [-0.2, -0.15) is 0 Å². The lowest BCUT2D eigenvalue weighted by molar-refractivity contribution is 0.587. The topological polar surface area (TPSA) is 98.0 Å². The highest BCUT2D eigenvalue weighted by atomic mass is 35.5. The van der Waals surface area contributed by atoms with Crippen molar-refractivity contribution in [2.45, 2.75) is 38.0 Å². The van der Waals surface area contributed by atoms with Crippen LogP contribution in [0, 0.1) is 6.92 Å². The van der Waals surface area contributed by atoms with Crippen LogP contribution in [0.4, 0.5) is 11.5 Å². The van der Waals surface area contributed by atoms with Gasteiger partial charge in [-0.3, -0.25) is 4.72 Å². The van der Waals surface area contributed by atoms with Gasteiger partial charge in [-0.05, 0) is 30.0 Å². The smallest absolute Gasteiger partial charge is 0.263 e. The van der Waals surface area contributed by atoms with E-state index in [4.69, 9.17) is 17.3 Å². The van der Waals surface area contributed by atoms with Gasteiger partial charge in [0.25, 0.3) is 10.0 Å². The average molecular weight is 355 g/mol. The van der Waals surface area contributed by atoms with E-state index in [0.29, 0.717) is 5.82 Å². The highest BCUT2D eigenvalue weighted by Gasteiger charge is 2.20. The second-order valence-electron chi connectivity index (χ2n) is 6.20. The first kappa shape index (κ1) is 17.5. The lowest BCUT2D eigenvalue weighted by atomic mass is 9.87. The van der Waals surface area contributed by atoms with Gasteiger partial charge in [0.1, 0.15) is 11.5 Å². The molecule has 0 aliphatic rings. The van der Waals surface area contributed by atoms with Gasteiger partial charge >= 0.3 is 0 Å². The molecule has 0 saturated heterocycles. The number of nitrogens with one attached hydrogen (secondary N) is 1. The Morgan fingerprint density at radius 2 is 1.70 bits per heavy atom. The molecule has 1 aromatic carbocycles. The first-order chi connectivity index (χ1) is 10.5. The Bertz CT molecular complexity index is 828. The molecule has 0 aliphatic heterocycles. The molecule has 0 spiro atoms. The number of hydrogen-bond donors (Lipinski definition) is 2. The monoisotopic (exact) mass is 354 g/mol. The molecule has 0 aliphatic carbocycles. The van der Waals surface area contributed by atoms with Crippen LogP contribution in [0.3, 0.4) is 0 Å². The number of hydrogen-bond acceptors (Lipinski definition) is 5. The number of sulfonamides is 1. The van der Waals surface area contributed by atoms with Crippen molar-refractivity contribution in [3.05, 3.63) is 40.8 Å². The predicted molar refractivity (Wildman–Crippen MR) is 92.1 cm³/mol. The standard InChI is InChI=1S/C15H19ClN4O2S/c1-9-18-13(16)12(17)14(19-9)20-23(21,22)11-7-5-10(6-8-11)15(2,3)4/h5-8H,17H2,1-4H3,(H,18,19,20). The summed E-state index contributed by atoms with van der Waals surface area (Å²) in [5.74, 6) is 0.298. The van der Waals surface area contributed by atoms with E-state index in [-0.39, 0.29) is 27.0 Å². The summed E-state index contributed by atoms with van der Waals surface area (Å²) < 4.78 is 27.3. The van der Waals surface area contributed by atoms with E-state index in [2.05, 4.69) is 35.5 Å². The number of benzene rings is 1. The molecule has 0 amide bonds. The summed E-state index contributed by atoms with van der Waals surface area (Å²) in [7, 11) is -3.81. The second kappa shape index (κ2) is 5.98. The zero-order chi connectivity index (χ0) is 17.4. The third-order valence-corrected chi connectivity index (χ3v) is 4.92. The summed E-state index contributed by atoms with van der Waals surface area (Å²) in [6, 6.07) is 6.68. The van der Waals surface area contributed by atoms with Crippen LogP contribution in [0.25, 0.3) is 0 Å². The number of aromatic nitrogens is 2. The van der Waals surface area contributed by atoms with Gasteiger partial charge < -0.3 is 5.73 Å². The van der Waals surface area contributed by atoms with Crippen molar-refractivity contribution in [2.24, 2.45) is 0 Å². The molecule has 0 unspecified atom stereocenters. The van der Waals surface area contributed by atoms with Crippen molar-refractivity contribution in [1.82, 2.24) is 9.97 Å². The normalized spacial score (nSPS) is 12.2. The van der Waals surface area contributed by atoms with Crippen molar-refractivity contribution in [1.29, 1.82) is 0 Å². The van der Waals surface area contributed by atoms with Crippen molar-refractivity contribution in [3.8, 4) is 0 Å². The highest BCUT2D eigenvalue weighted by molar-refractivity contribution is 7.92. The largest absolute Gasteiger partial charge is 0.393 e. The van der Waals surface area contributed by atoms with Gasteiger partial charge in [-0.25, -0.2) is 18.4 Å². The summed E-state index contributed by atoms with van der Waals surface area (Å²) in [6.45, 7) is 7.77. The van der Waals surface area contributed by atoms with Crippen LogP contribution in [-0.2, 0) is 15.4 Å².